The minimum absolute atomic E-state index is 0.691. The maximum absolute atomic E-state index is 6.71. The molecule has 0 aliphatic heterocycles. The van der Waals surface area contributed by atoms with Crippen molar-refractivity contribution in [2.45, 2.75) is 0 Å². The van der Waals surface area contributed by atoms with Crippen LogP contribution in [0, 0.1) is 0 Å². The molecule has 2 heterocycles. The van der Waals surface area contributed by atoms with Crippen LogP contribution in [0.15, 0.2) is 211 Å². The maximum atomic E-state index is 6.71. The number of hydrogen-bond donors (Lipinski definition) is 0. The molecule has 2 aromatic heterocycles. The van der Waals surface area contributed by atoms with Gasteiger partial charge in [0.25, 0.3) is 0 Å². The van der Waals surface area contributed by atoms with Crippen molar-refractivity contribution in [2.75, 3.05) is 0 Å². The summed E-state index contributed by atoms with van der Waals surface area (Å²) >= 11 is 0. The summed E-state index contributed by atoms with van der Waals surface area (Å²) < 4.78 is 6.71. The summed E-state index contributed by atoms with van der Waals surface area (Å²) in [6.07, 6.45) is 0. The summed E-state index contributed by atoms with van der Waals surface area (Å²) in [5, 5.41) is 6.97. The summed E-state index contributed by atoms with van der Waals surface area (Å²) in [6.45, 7) is 0. The molecule has 0 bridgehead atoms. The summed E-state index contributed by atoms with van der Waals surface area (Å²) in [6, 6.07) is 72.7. The van der Waals surface area contributed by atoms with Gasteiger partial charge in [-0.3, -0.25) is 0 Å². The van der Waals surface area contributed by atoms with Gasteiger partial charge in [0.2, 0.25) is 0 Å². The minimum Gasteiger partial charge on any atom is -0.455 e. The van der Waals surface area contributed by atoms with Crippen LogP contribution < -0.4 is 0 Å². The van der Waals surface area contributed by atoms with Gasteiger partial charge < -0.3 is 4.42 Å². The van der Waals surface area contributed by atoms with Gasteiger partial charge in [0, 0.05) is 32.8 Å². The van der Waals surface area contributed by atoms with Crippen molar-refractivity contribution in [3.63, 3.8) is 0 Å². The molecule has 0 amide bonds. The van der Waals surface area contributed by atoms with Crippen molar-refractivity contribution in [1.29, 1.82) is 0 Å². The van der Waals surface area contributed by atoms with E-state index in [1.807, 2.05) is 36.4 Å². The van der Waals surface area contributed by atoms with Gasteiger partial charge in [-0.2, -0.15) is 0 Å². The Morgan fingerprint density at radius 3 is 1.58 bits per heavy atom. The molecule has 0 fully saturated rings. The molecule has 11 aromatic rings. The first-order chi connectivity index (χ1) is 28.2. The Morgan fingerprint density at radius 2 is 0.877 bits per heavy atom. The molecule has 0 saturated carbocycles. The van der Waals surface area contributed by atoms with Gasteiger partial charge in [-0.15, -0.1) is 0 Å². The van der Waals surface area contributed by atoms with Gasteiger partial charge in [0.15, 0.2) is 5.82 Å². The second kappa shape index (κ2) is 13.6. The van der Waals surface area contributed by atoms with Crippen LogP contribution in [-0.2, 0) is 0 Å². The molecule has 11 rings (SSSR count). The van der Waals surface area contributed by atoms with Crippen LogP contribution in [0.1, 0.15) is 0 Å². The Hall–Kier alpha value is -7.62. The van der Waals surface area contributed by atoms with E-state index in [9.17, 15) is 0 Å². The third kappa shape index (κ3) is 5.85. The van der Waals surface area contributed by atoms with Crippen molar-refractivity contribution >= 4 is 43.5 Å². The lowest BCUT2D eigenvalue weighted by molar-refractivity contribution is 0.673. The number of nitrogens with zero attached hydrogens (tertiary/aromatic N) is 2. The van der Waals surface area contributed by atoms with E-state index in [0.29, 0.717) is 5.82 Å². The molecule has 0 unspecified atom stereocenters. The second-order valence-corrected chi connectivity index (χ2v) is 14.5. The molecule has 3 heteroatoms. The van der Waals surface area contributed by atoms with Crippen LogP contribution in [0.5, 0.6) is 0 Å². The molecule has 0 spiro atoms. The standard InChI is InChI=1S/C54H34N2O/c1-3-13-39(14-4-1)49-34-50(40-15-5-2-6-16-40)56-54(55-49)41-29-27-37(28-30-41)44-20-11-21-51-52(44)48-33-47(45-18-9-10-19-46(45)53(48)57-51)38-25-22-36(23-26-38)43-31-24-35-12-7-8-17-42(35)32-43/h1-34H. The summed E-state index contributed by atoms with van der Waals surface area (Å²) in [5.74, 6) is 0.691. The van der Waals surface area contributed by atoms with Crippen molar-refractivity contribution in [3.8, 4) is 67.3 Å². The molecule has 57 heavy (non-hydrogen) atoms. The van der Waals surface area contributed by atoms with Gasteiger partial charge in [-0.25, -0.2) is 9.97 Å². The van der Waals surface area contributed by atoms with Gasteiger partial charge in [-0.1, -0.05) is 182 Å². The SMILES string of the molecule is c1ccc(-c2cc(-c3ccccc3)nc(-c3ccc(-c4cccc5oc6c7ccccc7c(-c7ccc(-c8ccc9ccccc9c8)cc7)cc6c45)cc3)n2)cc1. The van der Waals surface area contributed by atoms with E-state index in [-0.39, 0.29) is 0 Å². The lowest BCUT2D eigenvalue weighted by Crippen LogP contribution is -1.95. The quantitative estimate of drug-likeness (QED) is 0.171. The average Bonchev–Trinajstić information content (AvgIpc) is 3.68. The zero-order valence-corrected chi connectivity index (χ0v) is 30.9. The number of fused-ring (bicyclic) bond motifs is 6. The molecular weight excluding hydrogens is 693 g/mol. The van der Waals surface area contributed by atoms with Gasteiger partial charge in [0.1, 0.15) is 11.2 Å². The predicted octanol–water partition coefficient (Wildman–Crippen LogP) is 14.7. The Balaban J connectivity index is 1.01. The van der Waals surface area contributed by atoms with E-state index < -0.39 is 0 Å². The molecule has 266 valence electrons. The number of furan rings is 1. The Labute approximate surface area is 330 Å². The van der Waals surface area contributed by atoms with Crippen molar-refractivity contribution in [1.82, 2.24) is 9.97 Å². The highest BCUT2D eigenvalue weighted by atomic mass is 16.3. The molecule has 0 atom stereocenters. The lowest BCUT2D eigenvalue weighted by atomic mass is 9.92. The van der Waals surface area contributed by atoms with Crippen molar-refractivity contribution in [3.05, 3.63) is 206 Å². The Kier molecular flexibility index (Phi) is 7.82. The first-order valence-electron chi connectivity index (χ1n) is 19.3. The van der Waals surface area contributed by atoms with E-state index in [0.717, 1.165) is 66.5 Å². The first-order valence-corrected chi connectivity index (χ1v) is 19.3. The van der Waals surface area contributed by atoms with Gasteiger partial charge in [0.05, 0.1) is 11.4 Å². The van der Waals surface area contributed by atoms with Gasteiger partial charge in [-0.05, 0) is 73.8 Å². The lowest BCUT2D eigenvalue weighted by Gasteiger charge is -2.11. The van der Waals surface area contributed by atoms with E-state index in [1.165, 1.54) is 38.4 Å². The van der Waals surface area contributed by atoms with Crippen molar-refractivity contribution in [2.24, 2.45) is 0 Å². The summed E-state index contributed by atoms with van der Waals surface area (Å²) in [5.41, 5.74) is 13.6. The predicted molar refractivity (Wildman–Crippen MR) is 237 cm³/mol. The van der Waals surface area contributed by atoms with Gasteiger partial charge >= 0.3 is 0 Å². The van der Waals surface area contributed by atoms with Crippen LogP contribution in [0.2, 0.25) is 0 Å². The van der Waals surface area contributed by atoms with E-state index in [4.69, 9.17) is 14.4 Å². The molecule has 3 nitrogen and oxygen atoms in total. The zero-order valence-electron chi connectivity index (χ0n) is 30.9. The molecule has 0 aliphatic rings. The minimum atomic E-state index is 0.691. The normalized spacial score (nSPS) is 11.5. The monoisotopic (exact) mass is 726 g/mol. The topological polar surface area (TPSA) is 38.9 Å². The number of rotatable bonds is 6. The Bertz CT molecular complexity index is 3200. The molecule has 0 radical (unpaired) electrons. The van der Waals surface area contributed by atoms with Crippen LogP contribution in [0.4, 0.5) is 0 Å². The van der Waals surface area contributed by atoms with Crippen LogP contribution in [-0.4, -0.2) is 9.97 Å². The highest BCUT2D eigenvalue weighted by Crippen LogP contribution is 2.43. The fraction of sp³-hybridized carbons (Fsp3) is 0. The van der Waals surface area contributed by atoms with Crippen molar-refractivity contribution < 1.29 is 4.42 Å². The fourth-order valence-corrected chi connectivity index (χ4v) is 8.23. The van der Waals surface area contributed by atoms with E-state index in [2.05, 4.69) is 170 Å². The smallest absolute Gasteiger partial charge is 0.160 e. The molecule has 0 N–H and O–H groups in total. The number of aromatic nitrogens is 2. The highest BCUT2D eigenvalue weighted by molar-refractivity contribution is 6.22. The molecule has 0 aliphatic carbocycles. The maximum Gasteiger partial charge on any atom is 0.160 e. The third-order valence-electron chi connectivity index (χ3n) is 11.1. The molecular formula is C54H34N2O. The fourth-order valence-electron chi connectivity index (χ4n) is 8.23. The van der Waals surface area contributed by atoms with E-state index >= 15 is 0 Å². The zero-order chi connectivity index (χ0) is 37.7. The number of benzene rings is 9. The summed E-state index contributed by atoms with van der Waals surface area (Å²) in [4.78, 5) is 10.1. The molecule has 9 aromatic carbocycles. The van der Waals surface area contributed by atoms with E-state index in [1.54, 1.807) is 0 Å². The Morgan fingerprint density at radius 1 is 0.316 bits per heavy atom. The third-order valence-corrected chi connectivity index (χ3v) is 11.1. The second-order valence-electron chi connectivity index (χ2n) is 14.5. The molecule has 0 saturated heterocycles. The summed E-state index contributed by atoms with van der Waals surface area (Å²) in [7, 11) is 0. The van der Waals surface area contributed by atoms with Crippen LogP contribution in [0.3, 0.4) is 0 Å². The largest absolute Gasteiger partial charge is 0.455 e. The highest BCUT2D eigenvalue weighted by Gasteiger charge is 2.18. The first kappa shape index (κ1) is 32.8. The van der Waals surface area contributed by atoms with Crippen LogP contribution >= 0.6 is 0 Å². The number of hydrogen-bond acceptors (Lipinski definition) is 3. The van der Waals surface area contributed by atoms with Crippen LogP contribution in [0.25, 0.3) is 111 Å². The average molecular weight is 727 g/mol.